The lowest BCUT2D eigenvalue weighted by atomic mass is 10.2. The number of nitrogens with one attached hydrogen (secondary N) is 1. The third kappa shape index (κ3) is 3.00. The molecule has 8 heteroatoms. The van der Waals surface area contributed by atoms with Crippen molar-refractivity contribution in [3.63, 3.8) is 0 Å². The van der Waals surface area contributed by atoms with Gasteiger partial charge in [0, 0.05) is 19.0 Å². The van der Waals surface area contributed by atoms with E-state index in [0.29, 0.717) is 16.9 Å². The van der Waals surface area contributed by atoms with Gasteiger partial charge in [-0.2, -0.15) is 0 Å². The SMILES string of the molecule is Cc1cc(S(=O)(=O)Nc2cccnc2)ccc1N1C(=O)CCC1=O. The lowest BCUT2D eigenvalue weighted by molar-refractivity contribution is -0.121. The smallest absolute Gasteiger partial charge is 0.261 e. The number of rotatable bonds is 4. The summed E-state index contributed by atoms with van der Waals surface area (Å²) in [5, 5.41) is 0. The lowest BCUT2D eigenvalue weighted by Crippen LogP contribution is -2.29. The summed E-state index contributed by atoms with van der Waals surface area (Å²) in [5.41, 5.74) is 1.31. The maximum atomic E-state index is 12.4. The van der Waals surface area contributed by atoms with Crippen molar-refractivity contribution in [1.29, 1.82) is 0 Å². The van der Waals surface area contributed by atoms with Crippen LogP contribution in [0.15, 0.2) is 47.6 Å². The number of hydrogen-bond acceptors (Lipinski definition) is 5. The van der Waals surface area contributed by atoms with Crippen LogP contribution in [-0.2, 0) is 19.6 Å². The molecule has 1 saturated heterocycles. The van der Waals surface area contributed by atoms with E-state index in [2.05, 4.69) is 9.71 Å². The molecule has 2 heterocycles. The molecule has 1 aliphatic heterocycles. The number of aryl methyl sites for hydroxylation is 1. The molecule has 1 aliphatic rings. The summed E-state index contributed by atoms with van der Waals surface area (Å²) in [6.07, 6.45) is 3.31. The Morgan fingerprint density at radius 3 is 2.42 bits per heavy atom. The summed E-state index contributed by atoms with van der Waals surface area (Å²) in [7, 11) is -3.78. The molecule has 2 amide bonds. The van der Waals surface area contributed by atoms with Crippen LogP contribution in [0.25, 0.3) is 0 Å². The van der Waals surface area contributed by atoms with Gasteiger partial charge in [0.15, 0.2) is 0 Å². The number of benzene rings is 1. The van der Waals surface area contributed by atoms with Crippen LogP contribution < -0.4 is 9.62 Å². The second-order valence-electron chi connectivity index (χ2n) is 5.42. The highest BCUT2D eigenvalue weighted by atomic mass is 32.2. The van der Waals surface area contributed by atoms with Crippen LogP contribution in [0, 0.1) is 6.92 Å². The van der Waals surface area contributed by atoms with E-state index in [1.54, 1.807) is 25.3 Å². The van der Waals surface area contributed by atoms with Crippen LogP contribution in [0.5, 0.6) is 0 Å². The van der Waals surface area contributed by atoms with E-state index in [4.69, 9.17) is 0 Å². The maximum Gasteiger partial charge on any atom is 0.261 e. The molecule has 0 saturated carbocycles. The first-order valence-electron chi connectivity index (χ1n) is 7.28. The molecule has 0 atom stereocenters. The van der Waals surface area contributed by atoms with Crippen molar-refractivity contribution in [3.8, 4) is 0 Å². The highest BCUT2D eigenvalue weighted by molar-refractivity contribution is 7.92. The van der Waals surface area contributed by atoms with Crippen LogP contribution >= 0.6 is 0 Å². The number of carbonyl (C=O) groups excluding carboxylic acids is 2. The van der Waals surface area contributed by atoms with E-state index in [0.717, 1.165) is 4.90 Å². The molecule has 1 N–H and O–H groups in total. The first kappa shape index (κ1) is 16.1. The van der Waals surface area contributed by atoms with Crippen LogP contribution in [0.1, 0.15) is 18.4 Å². The number of hydrogen-bond donors (Lipinski definition) is 1. The van der Waals surface area contributed by atoms with E-state index in [9.17, 15) is 18.0 Å². The van der Waals surface area contributed by atoms with E-state index in [-0.39, 0.29) is 29.6 Å². The van der Waals surface area contributed by atoms with E-state index in [1.807, 2.05) is 0 Å². The normalized spacial score (nSPS) is 15.0. The van der Waals surface area contributed by atoms with Gasteiger partial charge in [0.2, 0.25) is 11.8 Å². The fourth-order valence-electron chi connectivity index (χ4n) is 2.53. The molecule has 3 rings (SSSR count). The topological polar surface area (TPSA) is 96.4 Å². The minimum atomic E-state index is -3.78. The second-order valence-corrected chi connectivity index (χ2v) is 7.10. The van der Waals surface area contributed by atoms with Gasteiger partial charge >= 0.3 is 0 Å². The molecule has 1 aromatic carbocycles. The van der Waals surface area contributed by atoms with Gasteiger partial charge in [-0.1, -0.05) is 0 Å². The van der Waals surface area contributed by atoms with Crippen molar-refractivity contribution >= 4 is 33.2 Å². The van der Waals surface area contributed by atoms with Crippen molar-refractivity contribution in [2.24, 2.45) is 0 Å². The Labute approximate surface area is 139 Å². The largest absolute Gasteiger partial charge is 0.278 e. The summed E-state index contributed by atoms with van der Waals surface area (Å²) < 4.78 is 27.3. The molecule has 1 fully saturated rings. The first-order valence-corrected chi connectivity index (χ1v) is 8.76. The minimum Gasteiger partial charge on any atom is -0.278 e. The molecule has 7 nitrogen and oxygen atoms in total. The van der Waals surface area contributed by atoms with Crippen molar-refractivity contribution in [2.75, 3.05) is 9.62 Å². The summed E-state index contributed by atoms with van der Waals surface area (Å²) in [4.78, 5) is 28.7. The molecule has 0 bridgehead atoms. The van der Waals surface area contributed by atoms with Gasteiger partial charge in [-0.05, 0) is 42.8 Å². The Bertz CT molecular complexity index is 894. The summed E-state index contributed by atoms with van der Waals surface area (Å²) in [6.45, 7) is 1.66. The van der Waals surface area contributed by atoms with Crippen LogP contribution in [0.2, 0.25) is 0 Å². The Morgan fingerprint density at radius 1 is 1.12 bits per heavy atom. The number of sulfonamides is 1. The average Bonchev–Trinajstić information content (AvgIpc) is 2.87. The van der Waals surface area contributed by atoms with Gasteiger partial charge in [-0.3, -0.25) is 24.2 Å². The average molecular weight is 345 g/mol. The summed E-state index contributed by atoms with van der Waals surface area (Å²) in [5.74, 6) is -0.542. The Balaban J connectivity index is 1.92. The van der Waals surface area contributed by atoms with Crippen molar-refractivity contribution in [2.45, 2.75) is 24.7 Å². The molecule has 0 unspecified atom stereocenters. The quantitative estimate of drug-likeness (QED) is 0.853. The fraction of sp³-hybridized carbons (Fsp3) is 0.188. The monoisotopic (exact) mass is 345 g/mol. The number of amides is 2. The highest BCUT2D eigenvalue weighted by Gasteiger charge is 2.31. The van der Waals surface area contributed by atoms with Gasteiger partial charge in [-0.15, -0.1) is 0 Å². The molecule has 0 aliphatic carbocycles. The van der Waals surface area contributed by atoms with Crippen LogP contribution in [-0.4, -0.2) is 25.2 Å². The highest BCUT2D eigenvalue weighted by Crippen LogP contribution is 2.28. The minimum absolute atomic E-state index is 0.0479. The summed E-state index contributed by atoms with van der Waals surface area (Å²) >= 11 is 0. The third-order valence-corrected chi connectivity index (χ3v) is 5.06. The fourth-order valence-corrected chi connectivity index (χ4v) is 3.66. The predicted molar refractivity (Wildman–Crippen MR) is 88.0 cm³/mol. The van der Waals surface area contributed by atoms with Gasteiger partial charge < -0.3 is 0 Å². The number of pyridine rings is 1. The molecule has 124 valence electrons. The van der Waals surface area contributed by atoms with Gasteiger partial charge in [-0.25, -0.2) is 8.42 Å². The third-order valence-electron chi connectivity index (χ3n) is 3.68. The predicted octanol–water partition coefficient (Wildman–Crippen LogP) is 1.84. The van der Waals surface area contributed by atoms with Crippen molar-refractivity contribution < 1.29 is 18.0 Å². The lowest BCUT2D eigenvalue weighted by Gasteiger charge is -2.17. The van der Waals surface area contributed by atoms with Gasteiger partial charge in [0.1, 0.15) is 0 Å². The van der Waals surface area contributed by atoms with Crippen molar-refractivity contribution in [3.05, 3.63) is 48.3 Å². The van der Waals surface area contributed by atoms with Crippen molar-refractivity contribution in [1.82, 2.24) is 4.98 Å². The van der Waals surface area contributed by atoms with Crippen LogP contribution in [0.4, 0.5) is 11.4 Å². The molecule has 24 heavy (non-hydrogen) atoms. The molecule has 1 aromatic heterocycles. The Kier molecular flexibility index (Phi) is 4.06. The van der Waals surface area contributed by atoms with E-state index >= 15 is 0 Å². The zero-order valence-electron chi connectivity index (χ0n) is 12.9. The zero-order valence-corrected chi connectivity index (χ0v) is 13.7. The molecular formula is C16H15N3O4S. The zero-order chi connectivity index (χ0) is 17.3. The Morgan fingerprint density at radius 2 is 1.83 bits per heavy atom. The Hall–Kier alpha value is -2.74. The molecular weight excluding hydrogens is 330 g/mol. The maximum absolute atomic E-state index is 12.4. The standard InChI is InChI=1S/C16H15N3O4S/c1-11-9-13(24(22,23)18-12-3-2-8-17-10-12)4-5-14(11)19-15(20)6-7-16(19)21/h2-5,8-10,18H,6-7H2,1H3. The number of anilines is 2. The molecule has 0 spiro atoms. The number of imide groups is 1. The number of aromatic nitrogens is 1. The summed E-state index contributed by atoms with van der Waals surface area (Å²) in [6, 6.07) is 7.51. The second kappa shape index (κ2) is 6.04. The molecule has 0 radical (unpaired) electrons. The van der Waals surface area contributed by atoms with Crippen LogP contribution in [0.3, 0.4) is 0 Å². The van der Waals surface area contributed by atoms with E-state index < -0.39 is 10.0 Å². The van der Waals surface area contributed by atoms with Gasteiger partial charge in [0.25, 0.3) is 10.0 Å². The van der Waals surface area contributed by atoms with Gasteiger partial charge in [0.05, 0.1) is 22.5 Å². The first-order chi connectivity index (χ1) is 11.4. The number of nitrogens with zero attached hydrogens (tertiary/aromatic N) is 2. The molecule has 2 aromatic rings. The van der Waals surface area contributed by atoms with E-state index in [1.165, 1.54) is 24.4 Å². The number of carbonyl (C=O) groups is 2.